The molecule has 2 N–H and O–H groups in total. The van der Waals surface area contributed by atoms with Crippen LogP contribution in [0.5, 0.6) is 0 Å². The third-order valence-electron chi connectivity index (χ3n) is 3.95. The third-order valence-corrected chi connectivity index (χ3v) is 3.95. The number of aliphatic hydroxyl groups excluding tert-OH is 2. The molecule has 0 heterocycles. The number of nitrogens with zero attached hydrogens (tertiary/aromatic N) is 1. The first kappa shape index (κ1) is 14.9. The molecule has 2 atom stereocenters. The molecule has 0 bridgehead atoms. The van der Waals surface area contributed by atoms with Crippen LogP contribution < -0.4 is 0 Å². The molecule has 1 aliphatic carbocycles. The molecule has 1 aliphatic rings. The maximum atomic E-state index is 9.01. The highest BCUT2D eigenvalue weighted by Crippen LogP contribution is 2.30. The van der Waals surface area contributed by atoms with Crippen molar-refractivity contribution in [1.82, 2.24) is 4.90 Å². The molecule has 0 saturated heterocycles. The Balaban J connectivity index is 2.19. The van der Waals surface area contributed by atoms with Gasteiger partial charge < -0.3 is 15.1 Å². The van der Waals surface area contributed by atoms with Crippen LogP contribution >= 0.6 is 0 Å². The quantitative estimate of drug-likeness (QED) is 0.684. The Morgan fingerprint density at radius 2 is 1.88 bits per heavy atom. The van der Waals surface area contributed by atoms with Crippen LogP contribution in [0, 0.1) is 11.8 Å². The Kier molecular flexibility index (Phi) is 7.82. The molecule has 1 saturated carbocycles. The van der Waals surface area contributed by atoms with Gasteiger partial charge in [0.15, 0.2) is 0 Å². The van der Waals surface area contributed by atoms with E-state index in [0.717, 1.165) is 37.9 Å². The fourth-order valence-corrected chi connectivity index (χ4v) is 2.96. The fraction of sp³-hybridized carbons (Fsp3) is 1.00. The van der Waals surface area contributed by atoms with Gasteiger partial charge in [-0.05, 0) is 37.6 Å². The molecule has 17 heavy (non-hydrogen) atoms. The minimum absolute atomic E-state index is 0.229. The zero-order valence-corrected chi connectivity index (χ0v) is 11.3. The lowest BCUT2D eigenvalue weighted by Crippen LogP contribution is -2.31. The van der Waals surface area contributed by atoms with Crippen molar-refractivity contribution in [3.8, 4) is 0 Å². The van der Waals surface area contributed by atoms with E-state index in [1.54, 1.807) is 0 Å². The molecule has 102 valence electrons. The van der Waals surface area contributed by atoms with Gasteiger partial charge in [0.2, 0.25) is 0 Å². The van der Waals surface area contributed by atoms with Gasteiger partial charge in [-0.1, -0.05) is 26.2 Å². The predicted octanol–water partition coefficient (Wildman–Crippen LogP) is 1.88. The van der Waals surface area contributed by atoms with Crippen LogP contribution in [0.1, 0.15) is 45.4 Å². The van der Waals surface area contributed by atoms with Gasteiger partial charge in [0.25, 0.3) is 0 Å². The van der Waals surface area contributed by atoms with E-state index >= 15 is 0 Å². The molecule has 3 heteroatoms. The second-order valence-electron chi connectivity index (χ2n) is 5.57. The molecular formula is C14H29NO2. The monoisotopic (exact) mass is 243 g/mol. The summed E-state index contributed by atoms with van der Waals surface area (Å²) in [5.74, 6) is 1.78. The summed E-state index contributed by atoms with van der Waals surface area (Å²) >= 11 is 0. The zero-order valence-electron chi connectivity index (χ0n) is 11.3. The van der Waals surface area contributed by atoms with E-state index in [2.05, 4.69) is 11.8 Å². The standard InChI is InChI=1S/C14H29NO2/c1-13-4-2-5-14(12-13)6-8-15(9-11-17)7-3-10-16/h13-14,16-17H,2-12H2,1H3. The molecule has 1 fully saturated rings. The Morgan fingerprint density at radius 1 is 1.06 bits per heavy atom. The van der Waals surface area contributed by atoms with Crippen molar-refractivity contribution in [3.05, 3.63) is 0 Å². The smallest absolute Gasteiger partial charge is 0.0558 e. The Morgan fingerprint density at radius 3 is 2.53 bits per heavy atom. The van der Waals surface area contributed by atoms with Crippen molar-refractivity contribution in [2.75, 3.05) is 32.8 Å². The van der Waals surface area contributed by atoms with Gasteiger partial charge in [0, 0.05) is 19.7 Å². The van der Waals surface area contributed by atoms with Crippen molar-refractivity contribution in [1.29, 1.82) is 0 Å². The normalized spacial score (nSPS) is 25.4. The summed E-state index contributed by atoms with van der Waals surface area (Å²) in [7, 11) is 0. The van der Waals surface area contributed by atoms with Gasteiger partial charge in [-0.25, -0.2) is 0 Å². The summed E-state index contributed by atoms with van der Waals surface area (Å²) in [5.41, 5.74) is 0. The summed E-state index contributed by atoms with van der Waals surface area (Å²) in [6.07, 6.45) is 7.64. The second-order valence-corrected chi connectivity index (χ2v) is 5.57. The summed E-state index contributed by atoms with van der Waals surface area (Å²) in [6, 6.07) is 0. The summed E-state index contributed by atoms with van der Waals surface area (Å²) in [6.45, 7) is 5.60. The van der Waals surface area contributed by atoms with Crippen LogP contribution in [0.25, 0.3) is 0 Å². The second kappa shape index (κ2) is 8.90. The average Bonchev–Trinajstić information content (AvgIpc) is 2.33. The van der Waals surface area contributed by atoms with E-state index < -0.39 is 0 Å². The number of hydrogen-bond acceptors (Lipinski definition) is 3. The third kappa shape index (κ3) is 6.39. The largest absolute Gasteiger partial charge is 0.396 e. The van der Waals surface area contributed by atoms with Crippen LogP contribution in [0.3, 0.4) is 0 Å². The van der Waals surface area contributed by atoms with Gasteiger partial charge in [-0.2, -0.15) is 0 Å². The van der Waals surface area contributed by atoms with Crippen molar-refractivity contribution in [2.24, 2.45) is 11.8 Å². The summed E-state index contributed by atoms with van der Waals surface area (Å²) in [5, 5.41) is 17.9. The lowest BCUT2D eigenvalue weighted by molar-refractivity contribution is 0.161. The molecule has 0 aliphatic heterocycles. The maximum absolute atomic E-state index is 9.01. The number of rotatable bonds is 8. The molecule has 0 aromatic rings. The van der Waals surface area contributed by atoms with Gasteiger partial charge >= 0.3 is 0 Å². The summed E-state index contributed by atoms with van der Waals surface area (Å²) < 4.78 is 0. The molecule has 0 spiro atoms. The summed E-state index contributed by atoms with van der Waals surface area (Å²) in [4.78, 5) is 2.29. The number of aliphatic hydroxyl groups is 2. The highest BCUT2D eigenvalue weighted by molar-refractivity contribution is 4.72. The van der Waals surface area contributed by atoms with Crippen molar-refractivity contribution >= 4 is 0 Å². The van der Waals surface area contributed by atoms with Gasteiger partial charge in [0.05, 0.1) is 6.61 Å². The van der Waals surface area contributed by atoms with Gasteiger partial charge in [-0.15, -0.1) is 0 Å². The van der Waals surface area contributed by atoms with Crippen LogP contribution in [-0.4, -0.2) is 48.0 Å². The lowest BCUT2D eigenvalue weighted by atomic mass is 9.81. The first-order chi connectivity index (χ1) is 8.26. The van der Waals surface area contributed by atoms with E-state index in [1.165, 1.54) is 32.1 Å². The molecule has 1 rings (SSSR count). The fourth-order valence-electron chi connectivity index (χ4n) is 2.96. The first-order valence-electron chi connectivity index (χ1n) is 7.20. The molecule has 0 aromatic heterocycles. The Bertz CT molecular complexity index is 187. The molecule has 0 amide bonds. The zero-order chi connectivity index (χ0) is 12.5. The van der Waals surface area contributed by atoms with E-state index in [4.69, 9.17) is 10.2 Å². The predicted molar refractivity (Wildman–Crippen MR) is 71.0 cm³/mol. The SMILES string of the molecule is CC1CCCC(CCN(CCO)CCCO)C1. The van der Waals surface area contributed by atoms with E-state index in [-0.39, 0.29) is 13.2 Å². The maximum Gasteiger partial charge on any atom is 0.0558 e. The van der Waals surface area contributed by atoms with Crippen molar-refractivity contribution in [2.45, 2.75) is 45.4 Å². The van der Waals surface area contributed by atoms with Crippen molar-refractivity contribution < 1.29 is 10.2 Å². The Hall–Kier alpha value is -0.120. The molecular weight excluding hydrogens is 214 g/mol. The van der Waals surface area contributed by atoms with Crippen LogP contribution in [-0.2, 0) is 0 Å². The molecule has 2 unspecified atom stereocenters. The van der Waals surface area contributed by atoms with Crippen LogP contribution in [0.4, 0.5) is 0 Å². The van der Waals surface area contributed by atoms with Crippen molar-refractivity contribution in [3.63, 3.8) is 0 Å². The van der Waals surface area contributed by atoms with Gasteiger partial charge in [0.1, 0.15) is 0 Å². The average molecular weight is 243 g/mol. The van der Waals surface area contributed by atoms with E-state index in [9.17, 15) is 0 Å². The minimum atomic E-state index is 0.229. The first-order valence-corrected chi connectivity index (χ1v) is 7.20. The van der Waals surface area contributed by atoms with E-state index in [1.807, 2.05) is 0 Å². The molecule has 0 aromatic carbocycles. The van der Waals surface area contributed by atoms with Crippen LogP contribution in [0.15, 0.2) is 0 Å². The van der Waals surface area contributed by atoms with Crippen LogP contribution in [0.2, 0.25) is 0 Å². The highest BCUT2D eigenvalue weighted by atomic mass is 16.3. The lowest BCUT2D eigenvalue weighted by Gasteiger charge is -2.29. The highest BCUT2D eigenvalue weighted by Gasteiger charge is 2.19. The van der Waals surface area contributed by atoms with E-state index in [0.29, 0.717) is 0 Å². The van der Waals surface area contributed by atoms with Gasteiger partial charge in [-0.3, -0.25) is 0 Å². The topological polar surface area (TPSA) is 43.7 Å². The molecule has 0 radical (unpaired) electrons. The minimum Gasteiger partial charge on any atom is -0.396 e. The molecule has 3 nitrogen and oxygen atoms in total. The Labute approximate surface area is 106 Å². The number of hydrogen-bond donors (Lipinski definition) is 2.